The molecule has 0 heterocycles. The lowest BCUT2D eigenvalue weighted by molar-refractivity contribution is -0.386. The van der Waals surface area contributed by atoms with Crippen molar-refractivity contribution in [3.8, 4) is 5.75 Å². The zero-order valence-electron chi connectivity index (χ0n) is 12.3. The Bertz CT molecular complexity index is 797. The Morgan fingerprint density at radius 3 is 2.33 bits per heavy atom. The van der Waals surface area contributed by atoms with Crippen LogP contribution in [0.5, 0.6) is 5.75 Å². The fourth-order valence-electron chi connectivity index (χ4n) is 1.95. The number of nitro benzene ring substituents is 1. The van der Waals surface area contributed by atoms with Crippen LogP contribution in [-0.4, -0.2) is 10.8 Å². The third-order valence-corrected chi connectivity index (χ3v) is 2.97. The van der Waals surface area contributed by atoms with Crippen LogP contribution in [0.15, 0.2) is 30.3 Å². The van der Waals surface area contributed by atoms with Gasteiger partial charge in [0.1, 0.15) is 6.61 Å². The summed E-state index contributed by atoms with van der Waals surface area (Å²) in [6, 6.07) is 8.18. The number of nitrogens with one attached hydrogen (secondary N) is 1. The molecule has 2 aromatic carbocycles. The van der Waals surface area contributed by atoms with E-state index in [1.54, 1.807) is 35.6 Å². The molecule has 0 unspecified atom stereocenters. The third-order valence-electron chi connectivity index (χ3n) is 2.97. The summed E-state index contributed by atoms with van der Waals surface area (Å²) in [6.07, 6.45) is 0. The highest BCUT2D eigenvalue weighted by atomic mass is 19.2. The first-order chi connectivity index (χ1) is 11.3. The molecule has 0 aromatic heterocycles. The number of anilines is 1. The highest BCUT2D eigenvalue weighted by Gasteiger charge is 2.34. The Kier molecular flexibility index (Phi) is 5.02. The van der Waals surface area contributed by atoms with Crippen molar-refractivity contribution in [2.24, 2.45) is 0 Å². The van der Waals surface area contributed by atoms with E-state index in [0.29, 0.717) is 5.56 Å². The molecule has 0 aliphatic carbocycles. The first-order valence-corrected chi connectivity index (χ1v) is 6.62. The number of rotatable bonds is 5. The van der Waals surface area contributed by atoms with Gasteiger partial charge < -0.3 is 10.1 Å². The molecule has 0 radical (unpaired) electrons. The van der Waals surface area contributed by atoms with Crippen LogP contribution in [-0.2, 0) is 11.4 Å². The molecule has 0 saturated heterocycles. The number of nitro groups is 1. The van der Waals surface area contributed by atoms with Gasteiger partial charge in [-0.3, -0.25) is 14.9 Å². The van der Waals surface area contributed by atoms with Crippen molar-refractivity contribution in [3.63, 3.8) is 0 Å². The molecule has 0 spiro atoms. The highest BCUT2D eigenvalue weighted by molar-refractivity contribution is 5.92. The van der Waals surface area contributed by atoms with Gasteiger partial charge in [0.25, 0.3) is 0 Å². The summed E-state index contributed by atoms with van der Waals surface area (Å²) < 4.78 is 47.1. The number of halogens is 3. The van der Waals surface area contributed by atoms with E-state index in [-0.39, 0.29) is 6.61 Å². The van der Waals surface area contributed by atoms with E-state index in [0.717, 1.165) is 6.92 Å². The minimum atomic E-state index is -1.78. The van der Waals surface area contributed by atoms with Crippen LogP contribution in [0.4, 0.5) is 24.5 Å². The molecule has 126 valence electrons. The summed E-state index contributed by atoms with van der Waals surface area (Å²) in [7, 11) is 0. The smallest absolute Gasteiger partial charge is 0.335 e. The zero-order valence-corrected chi connectivity index (χ0v) is 12.3. The van der Waals surface area contributed by atoms with E-state index < -0.39 is 45.4 Å². The van der Waals surface area contributed by atoms with Gasteiger partial charge >= 0.3 is 5.69 Å². The summed E-state index contributed by atoms with van der Waals surface area (Å²) in [5.74, 6) is -7.40. The maximum Gasteiger partial charge on any atom is 0.335 e. The molecule has 0 bridgehead atoms. The van der Waals surface area contributed by atoms with Gasteiger partial charge in [-0.25, -0.2) is 4.39 Å². The largest absolute Gasteiger partial charge is 0.483 e. The summed E-state index contributed by atoms with van der Waals surface area (Å²) >= 11 is 0. The van der Waals surface area contributed by atoms with Gasteiger partial charge in [-0.1, -0.05) is 30.3 Å². The molecule has 0 aliphatic heterocycles. The van der Waals surface area contributed by atoms with Gasteiger partial charge in [-0.2, -0.15) is 8.78 Å². The molecule has 0 aliphatic rings. The van der Waals surface area contributed by atoms with Crippen molar-refractivity contribution in [3.05, 3.63) is 63.5 Å². The summed E-state index contributed by atoms with van der Waals surface area (Å²) in [4.78, 5) is 20.7. The molecule has 24 heavy (non-hydrogen) atoms. The van der Waals surface area contributed by atoms with Gasteiger partial charge in [-0.15, -0.1) is 0 Å². The van der Waals surface area contributed by atoms with Crippen LogP contribution in [0.3, 0.4) is 0 Å². The maximum atomic E-state index is 14.3. The average molecular weight is 340 g/mol. The number of amides is 1. The van der Waals surface area contributed by atoms with Crippen molar-refractivity contribution in [1.29, 1.82) is 0 Å². The second-order valence-corrected chi connectivity index (χ2v) is 4.71. The minimum absolute atomic E-state index is 0.329. The lowest BCUT2D eigenvalue weighted by Crippen LogP contribution is -2.14. The molecule has 0 saturated carbocycles. The van der Waals surface area contributed by atoms with E-state index in [1.165, 1.54) is 0 Å². The second-order valence-electron chi connectivity index (χ2n) is 4.71. The minimum Gasteiger partial charge on any atom is -0.483 e. The first-order valence-electron chi connectivity index (χ1n) is 6.62. The lowest BCUT2D eigenvalue weighted by atomic mass is 10.2. The molecule has 1 N–H and O–H groups in total. The lowest BCUT2D eigenvalue weighted by Gasteiger charge is -2.12. The van der Waals surface area contributed by atoms with Gasteiger partial charge in [0, 0.05) is 6.92 Å². The Labute approximate surface area is 134 Å². The van der Waals surface area contributed by atoms with Gasteiger partial charge in [0.2, 0.25) is 23.3 Å². The summed E-state index contributed by atoms with van der Waals surface area (Å²) in [5, 5.41) is 12.7. The Balaban J connectivity index is 2.49. The average Bonchev–Trinajstić information content (AvgIpc) is 2.52. The molecular weight excluding hydrogens is 329 g/mol. The Morgan fingerprint density at radius 2 is 1.79 bits per heavy atom. The normalized spacial score (nSPS) is 10.3. The monoisotopic (exact) mass is 340 g/mol. The third kappa shape index (κ3) is 3.45. The summed E-state index contributed by atoms with van der Waals surface area (Å²) in [5.41, 5.74) is -2.08. The molecular formula is C15H11F3N2O4. The highest BCUT2D eigenvalue weighted by Crippen LogP contribution is 2.39. The fourth-order valence-corrected chi connectivity index (χ4v) is 1.95. The van der Waals surface area contributed by atoms with Crippen LogP contribution in [0.1, 0.15) is 12.5 Å². The van der Waals surface area contributed by atoms with Crippen molar-refractivity contribution < 1.29 is 27.6 Å². The molecule has 1 amide bonds. The molecule has 9 heteroatoms. The maximum absolute atomic E-state index is 14.3. The topological polar surface area (TPSA) is 81.5 Å². The molecule has 0 atom stereocenters. The number of nitrogens with zero attached hydrogens (tertiary/aromatic N) is 1. The van der Waals surface area contributed by atoms with E-state index in [1.807, 2.05) is 0 Å². The van der Waals surface area contributed by atoms with E-state index in [4.69, 9.17) is 4.74 Å². The van der Waals surface area contributed by atoms with E-state index >= 15 is 0 Å². The van der Waals surface area contributed by atoms with Crippen LogP contribution in [0.25, 0.3) is 0 Å². The molecule has 0 fully saturated rings. The number of benzene rings is 2. The van der Waals surface area contributed by atoms with Gasteiger partial charge in [0.05, 0.1) is 4.92 Å². The van der Waals surface area contributed by atoms with Crippen LogP contribution in [0, 0.1) is 27.6 Å². The van der Waals surface area contributed by atoms with E-state index in [9.17, 15) is 28.1 Å². The van der Waals surface area contributed by atoms with Gasteiger partial charge in [-0.05, 0) is 5.56 Å². The Morgan fingerprint density at radius 1 is 1.17 bits per heavy atom. The van der Waals surface area contributed by atoms with Crippen molar-refractivity contribution in [1.82, 2.24) is 0 Å². The predicted octanol–water partition coefficient (Wildman–Crippen LogP) is 3.55. The van der Waals surface area contributed by atoms with Crippen LogP contribution in [0.2, 0.25) is 0 Å². The van der Waals surface area contributed by atoms with Crippen LogP contribution >= 0.6 is 0 Å². The molecule has 6 nitrogen and oxygen atoms in total. The van der Waals surface area contributed by atoms with Crippen molar-refractivity contribution in [2.75, 3.05) is 5.32 Å². The standard InChI is InChI=1S/C15H11F3N2O4/c1-8(21)19-13-10(16)11(17)15(12(18)14(13)20(22)23)24-7-9-5-3-2-4-6-9/h2-6H,7H2,1H3,(H,19,21). The number of carbonyl (C=O) groups is 1. The summed E-state index contributed by atoms with van der Waals surface area (Å²) in [6.45, 7) is 0.587. The Hall–Kier alpha value is -3.10. The number of carbonyl (C=O) groups excluding carboxylic acids is 1. The SMILES string of the molecule is CC(=O)Nc1c(F)c(F)c(OCc2ccccc2)c(F)c1[N+](=O)[O-]. The first kappa shape index (κ1) is 17.3. The number of ether oxygens (including phenoxy) is 1. The van der Waals surface area contributed by atoms with Gasteiger partial charge in [0.15, 0.2) is 11.5 Å². The predicted molar refractivity (Wildman–Crippen MR) is 78.0 cm³/mol. The quantitative estimate of drug-likeness (QED) is 0.513. The zero-order chi connectivity index (χ0) is 17.9. The number of hydrogen-bond donors (Lipinski definition) is 1. The fraction of sp³-hybridized carbons (Fsp3) is 0.133. The van der Waals surface area contributed by atoms with Crippen molar-refractivity contribution in [2.45, 2.75) is 13.5 Å². The molecule has 2 aromatic rings. The van der Waals surface area contributed by atoms with Crippen molar-refractivity contribution >= 4 is 17.3 Å². The second kappa shape index (κ2) is 6.99. The number of hydrogen-bond acceptors (Lipinski definition) is 4. The van der Waals surface area contributed by atoms with Crippen LogP contribution < -0.4 is 10.1 Å². The molecule has 2 rings (SSSR count). The van der Waals surface area contributed by atoms with E-state index in [2.05, 4.69) is 0 Å².